The highest BCUT2D eigenvalue weighted by Crippen LogP contribution is 2.33. The number of pyridine rings is 2. The van der Waals surface area contributed by atoms with Crippen molar-refractivity contribution in [3.8, 4) is 22.4 Å². The number of carbonyl (C=O) groups excluding carboxylic acids is 2. The average Bonchev–Trinajstić information content (AvgIpc) is 3.40. The quantitative estimate of drug-likeness (QED) is 0.198. The zero-order valence-electron chi connectivity index (χ0n) is 21.2. The third-order valence-electron chi connectivity index (χ3n) is 6.18. The van der Waals surface area contributed by atoms with Gasteiger partial charge in [0.2, 0.25) is 0 Å². The van der Waals surface area contributed by atoms with E-state index in [0.29, 0.717) is 35.3 Å². The van der Waals surface area contributed by atoms with Crippen molar-refractivity contribution in [2.45, 2.75) is 26.8 Å². The molecule has 5 rings (SSSR count). The third-order valence-corrected chi connectivity index (χ3v) is 6.18. The second-order valence-electron chi connectivity index (χ2n) is 8.73. The fourth-order valence-corrected chi connectivity index (χ4v) is 4.28. The number of hydrogen-bond donors (Lipinski definition) is 1. The Bertz CT molecular complexity index is 1610. The number of nitrogens with one attached hydrogen (secondary N) is 1. The van der Waals surface area contributed by atoms with E-state index in [-0.39, 0.29) is 12.4 Å². The average molecular weight is 506 g/mol. The van der Waals surface area contributed by atoms with Crippen molar-refractivity contribution in [1.29, 1.82) is 0 Å². The lowest BCUT2D eigenvalue weighted by Gasteiger charge is -2.13. The second-order valence-corrected chi connectivity index (χ2v) is 8.73. The Hall–Kier alpha value is -4.85. The predicted octanol–water partition coefficient (Wildman–Crippen LogP) is 5.84. The van der Waals surface area contributed by atoms with Crippen molar-refractivity contribution in [2.24, 2.45) is 0 Å². The van der Waals surface area contributed by atoms with Gasteiger partial charge >= 0.3 is 5.97 Å². The highest BCUT2D eigenvalue weighted by molar-refractivity contribution is 5.98. The first kappa shape index (κ1) is 24.8. The van der Waals surface area contributed by atoms with Gasteiger partial charge in [-0.1, -0.05) is 37.3 Å². The molecule has 0 saturated carbocycles. The topological polar surface area (TPSA) is 98.5 Å². The van der Waals surface area contributed by atoms with Gasteiger partial charge in [-0.05, 0) is 36.8 Å². The number of nitrogens with zero attached hydrogens (tertiary/aromatic N) is 4. The first-order valence-corrected chi connectivity index (χ1v) is 12.5. The zero-order chi connectivity index (χ0) is 26.5. The van der Waals surface area contributed by atoms with Crippen molar-refractivity contribution in [3.05, 3.63) is 102 Å². The first-order chi connectivity index (χ1) is 18.6. The smallest absolute Gasteiger partial charge is 0.339 e. The molecule has 8 nitrogen and oxygen atoms in total. The normalized spacial score (nSPS) is 10.9. The lowest BCUT2D eigenvalue weighted by Crippen LogP contribution is -2.06. The number of rotatable bonds is 9. The molecule has 0 bridgehead atoms. The maximum Gasteiger partial charge on any atom is 0.339 e. The summed E-state index contributed by atoms with van der Waals surface area (Å²) >= 11 is 0. The lowest BCUT2D eigenvalue weighted by molar-refractivity contribution is 0.0525. The molecule has 0 aliphatic rings. The summed E-state index contributed by atoms with van der Waals surface area (Å²) in [5, 5.41) is 8.38. The molecule has 0 spiro atoms. The molecule has 1 aromatic carbocycles. The Balaban J connectivity index is 1.62. The molecule has 5 aromatic rings. The number of anilines is 1. The van der Waals surface area contributed by atoms with Crippen LogP contribution in [0, 0.1) is 0 Å². The van der Waals surface area contributed by atoms with Gasteiger partial charge in [0.15, 0.2) is 5.78 Å². The SMILES string of the molecule is CCOC(=O)c1cncc(-c2cc(NCc3ccccc3)c3c(-c4cncc(C(=O)CC)c4)ccn3n2)c1. The maximum atomic E-state index is 12.3. The van der Waals surface area contributed by atoms with Gasteiger partial charge in [0.1, 0.15) is 0 Å². The number of hydrogen-bond acceptors (Lipinski definition) is 7. The van der Waals surface area contributed by atoms with E-state index in [9.17, 15) is 9.59 Å². The highest BCUT2D eigenvalue weighted by Gasteiger charge is 2.17. The minimum atomic E-state index is -0.428. The minimum Gasteiger partial charge on any atom is -0.462 e. The number of benzene rings is 1. The molecule has 0 amide bonds. The van der Waals surface area contributed by atoms with Crippen LogP contribution in [0.3, 0.4) is 0 Å². The van der Waals surface area contributed by atoms with Gasteiger partial charge < -0.3 is 10.1 Å². The minimum absolute atomic E-state index is 0.0414. The van der Waals surface area contributed by atoms with Crippen LogP contribution in [0.15, 0.2) is 85.6 Å². The molecular weight excluding hydrogens is 478 g/mol. The molecule has 0 fully saturated rings. The van der Waals surface area contributed by atoms with E-state index in [1.807, 2.05) is 49.5 Å². The summed E-state index contributed by atoms with van der Waals surface area (Å²) in [6.45, 7) is 4.49. The lowest BCUT2D eigenvalue weighted by atomic mass is 10.0. The van der Waals surface area contributed by atoms with Crippen LogP contribution in [0.25, 0.3) is 27.9 Å². The van der Waals surface area contributed by atoms with Crippen molar-refractivity contribution in [3.63, 3.8) is 0 Å². The summed E-state index contributed by atoms with van der Waals surface area (Å²) in [7, 11) is 0. The van der Waals surface area contributed by atoms with Gasteiger partial charge in [-0.25, -0.2) is 9.31 Å². The standard InChI is InChI=1S/C30H27N5O3/c1-3-28(36)23-12-21(16-31-18-23)25-10-11-35-29(25)27(33-15-20-8-6-5-7-9-20)14-26(34-35)22-13-24(19-32-17-22)30(37)38-4-2/h5-14,16-19,33H,3-4,15H2,1-2H3. The number of aromatic nitrogens is 4. The fraction of sp³-hybridized carbons (Fsp3) is 0.167. The Morgan fingerprint density at radius 2 is 1.63 bits per heavy atom. The van der Waals surface area contributed by atoms with Gasteiger partial charge in [-0.3, -0.25) is 14.8 Å². The number of esters is 1. The summed E-state index contributed by atoms with van der Waals surface area (Å²) < 4.78 is 6.94. The maximum absolute atomic E-state index is 12.3. The molecule has 0 saturated heterocycles. The number of Topliss-reactive ketones (excluding diaryl/α,β-unsaturated/α-hetero) is 1. The van der Waals surface area contributed by atoms with Crippen LogP contribution in [0.5, 0.6) is 0 Å². The van der Waals surface area contributed by atoms with Gasteiger partial charge in [0, 0.05) is 66.2 Å². The molecule has 4 heterocycles. The van der Waals surface area contributed by atoms with E-state index >= 15 is 0 Å². The first-order valence-electron chi connectivity index (χ1n) is 12.5. The van der Waals surface area contributed by atoms with Gasteiger partial charge in [-0.15, -0.1) is 0 Å². The van der Waals surface area contributed by atoms with Crippen LogP contribution in [-0.2, 0) is 11.3 Å². The van der Waals surface area contributed by atoms with Crippen LogP contribution < -0.4 is 5.32 Å². The molecule has 0 unspecified atom stereocenters. The van der Waals surface area contributed by atoms with Crippen LogP contribution in [0.2, 0.25) is 0 Å². The molecule has 1 N–H and O–H groups in total. The summed E-state index contributed by atoms with van der Waals surface area (Å²) in [6, 6.07) is 17.6. The van der Waals surface area contributed by atoms with Crippen LogP contribution in [-0.4, -0.2) is 37.9 Å². The van der Waals surface area contributed by atoms with E-state index in [1.54, 1.807) is 36.1 Å². The fourth-order valence-electron chi connectivity index (χ4n) is 4.28. The molecule has 0 radical (unpaired) electrons. The highest BCUT2D eigenvalue weighted by atomic mass is 16.5. The summed E-state index contributed by atoms with van der Waals surface area (Å²) in [6.07, 6.45) is 8.80. The van der Waals surface area contributed by atoms with Crippen molar-refractivity contribution in [2.75, 3.05) is 11.9 Å². The predicted molar refractivity (Wildman–Crippen MR) is 146 cm³/mol. The number of fused-ring (bicyclic) bond motifs is 1. The molecule has 0 aliphatic carbocycles. The molecule has 190 valence electrons. The Labute approximate surface area is 220 Å². The number of ketones is 1. The molecule has 38 heavy (non-hydrogen) atoms. The Kier molecular flexibility index (Phi) is 7.21. The number of carbonyl (C=O) groups is 2. The summed E-state index contributed by atoms with van der Waals surface area (Å²) in [5.74, 6) is -0.387. The van der Waals surface area contributed by atoms with E-state index in [2.05, 4.69) is 27.4 Å². The zero-order valence-corrected chi connectivity index (χ0v) is 21.2. The van der Waals surface area contributed by atoms with Crippen LogP contribution in [0.1, 0.15) is 46.5 Å². The molecule has 4 aromatic heterocycles. The van der Waals surface area contributed by atoms with Crippen molar-refractivity contribution in [1.82, 2.24) is 19.6 Å². The van der Waals surface area contributed by atoms with Gasteiger partial charge in [0.25, 0.3) is 0 Å². The van der Waals surface area contributed by atoms with E-state index in [0.717, 1.165) is 27.9 Å². The van der Waals surface area contributed by atoms with Crippen LogP contribution in [0.4, 0.5) is 5.69 Å². The molecule has 0 aliphatic heterocycles. The molecule has 8 heteroatoms. The monoisotopic (exact) mass is 505 g/mol. The number of ether oxygens (including phenoxy) is 1. The van der Waals surface area contributed by atoms with E-state index < -0.39 is 5.97 Å². The Morgan fingerprint density at radius 3 is 2.39 bits per heavy atom. The van der Waals surface area contributed by atoms with Crippen LogP contribution >= 0.6 is 0 Å². The largest absolute Gasteiger partial charge is 0.462 e. The Morgan fingerprint density at radius 1 is 0.895 bits per heavy atom. The van der Waals surface area contributed by atoms with Crippen molar-refractivity contribution < 1.29 is 14.3 Å². The third kappa shape index (κ3) is 5.15. The summed E-state index contributed by atoms with van der Waals surface area (Å²) in [5.41, 5.74) is 6.81. The van der Waals surface area contributed by atoms with Gasteiger partial charge in [-0.2, -0.15) is 5.10 Å². The van der Waals surface area contributed by atoms with Crippen molar-refractivity contribution >= 4 is 23.0 Å². The van der Waals surface area contributed by atoms with Gasteiger partial charge in [0.05, 0.1) is 29.1 Å². The van der Waals surface area contributed by atoms with E-state index in [4.69, 9.17) is 9.84 Å². The second kappa shape index (κ2) is 11.0. The molecular formula is C30H27N5O3. The summed E-state index contributed by atoms with van der Waals surface area (Å²) in [4.78, 5) is 33.2. The molecule has 0 atom stereocenters. The van der Waals surface area contributed by atoms with E-state index in [1.165, 1.54) is 6.20 Å².